The Morgan fingerprint density at radius 3 is 2.32 bits per heavy atom. The Kier molecular flexibility index (Phi) is 7.78. The number of aromatic nitrogens is 1. The molecule has 0 bridgehead atoms. The molecule has 7 nitrogen and oxygen atoms in total. The van der Waals surface area contributed by atoms with Crippen molar-refractivity contribution in [2.75, 3.05) is 10.6 Å². The van der Waals surface area contributed by atoms with E-state index in [4.69, 9.17) is 5.11 Å². The van der Waals surface area contributed by atoms with Crippen LogP contribution in [0, 0.1) is 12.7 Å². The minimum absolute atomic E-state index is 0.0537. The molecule has 3 aromatic carbocycles. The average Bonchev–Trinajstić information content (AvgIpc) is 2.87. The Balaban J connectivity index is 1.48. The second kappa shape index (κ2) is 11.3. The highest BCUT2D eigenvalue weighted by Gasteiger charge is 2.13. The molecule has 1 heterocycles. The zero-order valence-corrected chi connectivity index (χ0v) is 20.2. The first-order valence-corrected chi connectivity index (χ1v) is 11.7. The highest BCUT2D eigenvalue weighted by atomic mass is 19.1. The van der Waals surface area contributed by atoms with Crippen molar-refractivity contribution in [1.29, 1.82) is 0 Å². The lowest BCUT2D eigenvalue weighted by atomic mass is 10.1. The number of pyridine rings is 1. The van der Waals surface area contributed by atoms with E-state index in [0.717, 1.165) is 16.7 Å². The summed E-state index contributed by atoms with van der Waals surface area (Å²) in [5.41, 5.74) is 3.54. The van der Waals surface area contributed by atoms with Gasteiger partial charge in [-0.3, -0.25) is 9.59 Å². The van der Waals surface area contributed by atoms with Gasteiger partial charge >= 0.3 is 12.0 Å². The smallest absolute Gasteiger partial charge is 0.323 e. The van der Waals surface area contributed by atoms with Gasteiger partial charge in [0.2, 0.25) is 0 Å². The summed E-state index contributed by atoms with van der Waals surface area (Å²) in [6.07, 6.45) is 2.12. The van der Waals surface area contributed by atoms with Crippen LogP contribution in [0.2, 0.25) is 0 Å². The molecule has 0 saturated heterocycles. The molecular weight excluding hydrogens is 473 g/mol. The number of para-hydroxylation sites is 1. The first-order valence-electron chi connectivity index (χ1n) is 11.7. The molecule has 0 saturated carbocycles. The number of urea groups is 1. The molecule has 0 unspecified atom stereocenters. The molecule has 0 aliphatic heterocycles. The molecule has 188 valence electrons. The summed E-state index contributed by atoms with van der Waals surface area (Å²) < 4.78 is 16.5. The Morgan fingerprint density at radius 1 is 0.892 bits per heavy atom. The molecule has 3 N–H and O–H groups in total. The summed E-state index contributed by atoms with van der Waals surface area (Å²) in [6, 6.07) is 21.6. The zero-order valence-electron chi connectivity index (χ0n) is 20.2. The standard InChI is InChI=1S/C29H26FN3O4/c1-19-5-2-3-7-26(19)32-29(37)31-22-13-14-23(25(30)17-22)24-6-4-16-33(28(24)36)18-21-10-8-20(9-11-21)12-15-27(34)35/h2-11,13-14,16-17H,12,15,18H2,1H3,(H,34,35)(H2,31,32,37). The van der Waals surface area contributed by atoms with Crippen molar-refractivity contribution in [3.05, 3.63) is 118 Å². The Morgan fingerprint density at radius 2 is 1.62 bits per heavy atom. The minimum atomic E-state index is -0.853. The van der Waals surface area contributed by atoms with E-state index in [1.54, 1.807) is 36.5 Å². The van der Waals surface area contributed by atoms with Gasteiger partial charge in [-0.1, -0.05) is 42.5 Å². The summed E-state index contributed by atoms with van der Waals surface area (Å²) in [4.78, 5) is 36.2. The molecule has 0 spiro atoms. The number of amides is 2. The fourth-order valence-corrected chi connectivity index (χ4v) is 3.93. The summed E-state index contributed by atoms with van der Waals surface area (Å²) >= 11 is 0. The molecule has 8 heteroatoms. The number of carbonyl (C=O) groups excluding carboxylic acids is 1. The van der Waals surface area contributed by atoms with Crippen LogP contribution in [0.25, 0.3) is 11.1 Å². The third-order valence-electron chi connectivity index (χ3n) is 5.93. The molecule has 0 radical (unpaired) electrons. The predicted molar refractivity (Wildman–Crippen MR) is 141 cm³/mol. The van der Waals surface area contributed by atoms with Gasteiger partial charge < -0.3 is 20.3 Å². The monoisotopic (exact) mass is 499 g/mol. The molecule has 2 amide bonds. The fourth-order valence-electron chi connectivity index (χ4n) is 3.93. The average molecular weight is 500 g/mol. The van der Waals surface area contributed by atoms with E-state index in [1.807, 2.05) is 43.3 Å². The summed E-state index contributed by atoms with van der Waals surface area (Å²) in [5.74, 6) is -1.49. The van der Waals surface area contributed by atoms with Gasteiger partial charge in [-0.25, -0.2) is 9.18 Å². The molecule has 4 rings (SSSR count). The topological polar surface area (TPSA) is 100 Å². The van der Waals surface area contributed by atoms with Gasteiger partial charge in [0.15, 0.2) is 0 Å². The normalized spacial score (nSPS) is 10.6. The van der Waals surface area contributed by atoms with Gasteiger partial charge in [-0.05, 0) is 66.4 Å². The van der Waals surface area contributed by atoms with Crippen LogP contribution in [0.5, 0.6) is 0 Å². The maximum atomic E-state index is 15.0. The second-order valence-corrected chi connectivity index (χ2v) is 8.65. The first-order chi connectivity index (χ1) is 17.8. The number of aryl methyl sites for hydroxylation is 2. The van der Waals surface area contributed by atoms with Gasteiger partial charge in [0, 0.05) is 29.6 Å². The van der Waals surface area contributed by atoms with Crippen LogP contribution in [0.4, 0.5) is 20.6 Å². The van der Waals surface area contributed by atoms with Crippen molar-refractivity contribution in [3.8, 4) is 11.1 Å². The maximum absolute atomic E-state index is 15.0. The number of anilines is 2. The Hall–Kier alpha value is -4.72. The number of halogens is 1. The van der Waals surface area contributed by atoms with E-state index >= 15 is 4.39 Å². The predicted octanol–water partition coefficient (Wildman–Crippen LogP) is 5.67. The lowest BCUT2D eigenvalue weighted by Crippen LogP contribution is -2.22. The van der Waals surface area contributed by atoms with Crippen LogP contribution >= 0.6 is 0 Å². The lowest BCUT2D eigenvalue weighted by Gasteiger charge is -2.12. The lowest BCUT2D eigenvalue weighted by molar-refractivity contribution is -0.136. The van der Waals surface area contributed by atoms with Crippen LogP contribution in [0.3, 0.4) is 0 Å². The maximum Gasteiger partial charge on any atom is 0.323 e. The number of rotatable bonds is 8. The minimum Gasteiger partial charge on any atom is -0.481 e. The van der Waals surface area contributed by atoms with Crippen LogP contribution < -0.4 is 16.2 Å². The fraction of sp³-hybridized carbons (Fsp3) is 0.138. The molecule has 0 aliphatic carbocycles. The quantitative estimate of drug-likeness (QED) is 0.291. The highest BCUT2D eigenvalue weighted by molar-refractivity contribution is 6.00. The van der Waals surface area contributed by atoms with E-state index in [2.05, 4.69) is 10.6 Å². The van der Waals surface area contributed by atoms with Crippen molar-refractivity contribution < 1.29 is 19.1 Å². The van der Waals surface area contributed by atoms with E-state index in [0.29, 0.717) is 12.1 Å². The Bertz CT molecular complexity index is 1500. The third kappa shape index (κ3) is 6.49. The van der Waals surface area contributed by atoms with Gasteiger partial charge in [-0.2, -0.15) is 0 Å². The number of aliphatic carboxylic acids is 1. The number of hydrogen-bond acceptors (Lipinski definition) is 3. The molecule has 0 fully saturated rings. The SMILES string of the molecule is Cc1ccccc1NC(=O)Nc1ccc(-c2cccn(Cc3ccc(CCC(=O)O)cc3)c2=O)c(F)c1. The number of carbonyl (C=O) groups is 2. The number of carboxylic acid groups (broad SMARTS) is 1. The molecule has 0 atom stereocenters. The van der Waals surface area contributed by atoms with Gasteiger partial charge in [0.05, 0.1) is 12.1 Å². The summed E-state index contributed by atoms with van der Waals surface area (Å²) in [6.45, 7) is 2.15. The molecule has 0 aliphatic rings. The van der Waals surface area contributed by atoms with Crippen molar-refractivity contribution >= 4 is 23.4 Å². The second-order valence-electron chi connectivity index (χ2n) is 8.65. The zero-order chi connectivity index (χ0) is 26.4. The number of nitrogens with zero attached hydrogens (tertiary/aromatic N) is 1. The van der Waals surface area contributed by atoms with Crippen molar-refractivity contribution in [2.24, 2.45) is 0 Å². The van der Waals surface area contributed by atoms with Crippen LogP contribution in [0.1, 0.15) is 23.1 Å². The van der Waals surface area contributed by atoms with Crippen LogP contribution in [-0.2, 0) is 17.8 Å². The van der Waals surface area contributed by atoms with Gasteiger partial charge in [0.1, 0.15) is 5.82 Å². The number of carboxylic acids is 1. The van der Waals surface area contributed by atoms with E-state index in [1.165, 1.54) is 16.7 Å². The molecule has 37 heavy (non-hydrogen) atoms. The van der Waals surface area contributed by atoms with Crippen LogP contribution in [0.15, 0.2) is 89.9 Å². The van der Waals surface area contributed by atoms with Crippen LogP contribution in [-0.4, -0.2) is 21.7 Å². The summed E-state index contributed by atoms with van der Waals surface area (Å²) in [5, 5.41) is 14.2. The first kappa shape index (κ1) is 25.4. The van der Waals surface area contributed by atoms with Gasteiger partial charge in [-0.15, -0.1) is 0 Å². The van der Waals surface area contributed by atoms with Crippen molar-refractivity contribution in [1.82, 2.24) is 4.57 Å². The molecular formula is C29H26FN3O4. The van der Waals surface area contributed by atoms with Crippen molar-refractivity contribution in [2.45, 2.75) is 26.3 Å². The number of benzene rings is 3. The largest absolute Gasteiger partial charge is 0.481 e. The number of nitrogens with one attached hydrogen (secondary N) is 2. The van der Waals surface area contributed by atoms with E-state index < -0.39 is 17.8 Å². The summed E-state index contributed by atoms with van der Waals surface area (Å²) in [7, 11) is 0. The van der Waals surface area contributed by atoms with E-state index in [-0.39, 0.29) is 35.3 Å². The molecule has 1 aromatic heterocycles. The molecule has 4 aromatic rings. The number of hydrogen-bond donors (Lipinski definition) is 3. The van der Waals surface area contributed by atoms with E-state index in [9.17, 15) is 14.4 Å². The third-order valence-corrected chi connectivity index (χ3v) is 5.93. The Labute approximate surface area is 213 Å². The van der Waals surface area contributed by atoms with Crippen molar-refractivity contribution in [3.63, 3.8) is 0 Å². The van der Waals surface area contributed by atoms with Gasteiger partial charge in [0.25, 0.3) is 5.56 Å². The highest BCUT2D eigenvalue weighted by Crippen LogP contribution is 2.23.